The minimum Gasteiger partial charge on any atom is -0.478 e. The summed E-state index contributed by atoms with van der Waals surface area (Å²) in [4.78, 5) is 58.8. The molecule has 0 aromatic heterocycles. The van der Waals surface area contributed by atoms with Crippen LogP contribution in [0.4, 0.5) is 11.4 Å². The third kappa shape index (κ3) is 3.23. The molecule has 0 fully saturated rings. The Bertz CT molecular complexity index is 1020. The number of amides is 3. The Labute approximate surface area is 151 Å². The number of fused-ring (bicyclic) bond motifs is 1. The summed E-state index contributed by atoms with van der Waals surface area (Å²) in [5, 5.41) is 22.3. The zero-order valence-electron chi connectivity index (χ0n) is 13.5. The minimum absolute atomic E-state index is 0.0160. The summed E-state index contributed by atoms with van der Waals surface area (Å²) >= 11 is 0. The van der Waals surface area contributed by atoms with Crippen LogP contribution in [0, 0.1) is 10.1 Å². The van der Waals surface area contributed by atoms with Crippen molar-refractivity contribution in [3.63, 3.8) is 0 Å². The van der Waals surface area contributed by atoms with E-state index in [9.17, 15) is 29.3 Å². The lowest BCUT2D eigenvalue weighted by Gasteiger charge is -2.14. The topological polar surface area (TPSA) is 147 Å². The summed E-state index contributed by atoms with van der Waals surface area (Å²) in [6.07, 6.45) is 0. The summed E-state index contributed by atoms with van der Waals surface area (Å²) in [5.41, 5.74) is -0.681. The first-order valence-electron chi connectivity index (χ1n) is 7.56. The van der Waals surface area contributed by atoms with Crippen LogP contribution in [-0.2, 0) is 4.79 Å². The van der Waals surface area contributed by atoms with E-state index in [1.54, 1.807) is 0 Å². The summed E-state index contributed by atoms with van der Waals surface area (Å²) in [6.45, 7) is -0.659. The second kappa shape index (κ2) is 6.67. The number of nitro benzene ring substituents is 1. The highest BCUT2D eigenvalue weighted by Gasteiger charge is 2.37. The van der Waals surface area contributed by atoms with Gasteiger partial charge in [-0.2, -0.15) is 0 Å². The van der Waals surface area contributed by atoms with Gasteiger partial charge in [0.05, 0.1) is 27.3 Å². The SMILES string of the molecule is O=C(CN1C(=O)c2ccc([N+](=O)[O-])cc2C1=O)Nc1ccccc1C(=O)O. The molecule has 10 heteroatoms. The standard InChI is InChI=1S/C17H11N3O7/c21-14(18-13-4-2-1-3-11(13)17(24)25)8-19-15(22)10-6-5-9(20(26)27)7-12(10)16(19)23/h1-7H,8H2,(H,18,21)(H,24,25). The van der Waals surface area contributed by atoms with Crippen LogP contribution < -0.4 is 5.32 Å². The molecule has 2 N–H and O–H groups in total. The molecule has 1 aliphatic heterocycles. The normalized spacial score (nSPS) is 12.7. The van der Waals surface area contributed by atoms with Crippen LogP contribution in [0.1, 0.15) is 31.1 Å². The van der Waals surface area contributed by atoms with Crippen molar-refractivity contribution in [2.24, 2.45) is 0 Å². The van der Waals surface area contributed by atoms with Crippen molar-refractivity contribution in [2.45, 2.75) is 0 Å². The number of non-ortho nitro benzene ring substituents is 1. The van der Waals surface area contributed by atoms with Crippen molar-refractivity contribution in [1.29, 1.82) is 0 Å². The first-order valence-corrected chi connectivity index (χ1v) is 7.56. The van der Waals surface area contributed by atoms with Gasteiger partial charge in [-0.25, -0.2) is 4.79 Å². The van der Waals surface area contributed by atoms with Gasteiger partial charge in [-0.15, -0.1) is 0 Å². The molecule has 0 bridgehead atoms. The van der Waals surface area contributed by atoms with Crippen molar-refractivity contribution in [3.05, 3.63) is 69.3 Å². The van der Waals surface area contributed by atoms with Gasteiger partial charge in [-0.1, -0.05) is 12.1 Å². The number of carbonyl (C=O) groups is 4. The summed E-state index contributed by atoms with van der Waals surface area (Å²) in [7, 11) is 0. The summed E-state index contributed by atoms with van der Waals surface area (Å²) in [5.74, 6) is -3.63. The van der Waals surface area contributed by atoms with Gasteiger partial charge in [0.25, 0.3) is 17.5 Å². The molecule has 3 rings (SSSR count). The second-order valence-electron chi connectivity index (χ2n) is 5.58. The van der Waals surface area contributed by atoms with E-state index < -0.39 is 35.2 Å². The second-order valence-corrected chi connectivity index (χ2v) is 5.58. The molecular weight excluding hydrogens is 358 g/mol. The summed E-state index contributed by atoms with van der Waals surface area (Å²) < 4.78 is 0. The molecule has 0 spiro atoms. The Kier molecular flexibility index (Phi) is 4.38. The van der Waals surface area contributed by atoms with Gasteiger partial charge in [-0.3, -0.25) is 29.4 Å². The average Bonchev–Trinajstić information content (AvgIpc) is 2.86. The highest BCUT2D eigenvalue weighted by Crippen LogP contribution is 2.26. The average molecular weight is 369 g/mol. The smallest absolute Gasteiger partial charge is 0.337 e. The van der Waals surface area contributed by atoms with E-state index >= 15 is 0 Å². The van der Waals surface area contributed by atoms with E-state index in [2.05, 4.69) is 5.32 Å². The van der Waals surface area contributed by atoms with Crippen molar-refractivity contribution in [2.75, 3.05) is 11.9 Å². The molecule has 1 heterocycles. The maximum absolute atomic E-state index is 12.4. The van der Waals surface area contributed by atoms with Crippen LogP contribution in [0.5, 0.6) is 0 Å². The molecule has 1 aliphatic rings. The summed E-state index contributed by atoms with van der Waals surface area (Å²) in [6, 6.07) is 8.89. The van der Waals surface area contributed by atoms with Crippen molar-refractivity contribution >= 4 is 35.1 Å². The molecule has 10 nitrogen and oxygen atoms in total. The van der Waals surface area contributed by atoms with Crippen LogP contribution >= 0.6 is 0 Å². The number of hydrogen-bond donors (Lipinski definition) is 2. The number of carboxylic acids is 1. The fourth-order valence-corrected chi connectivity index (χ4v) is 2.65. The number of anilines is 1. The number of nitrogens with zero attached hydrogens (tertiary/aromatic N) is 2. The van der Waals surface area contributed by atoms with Crippen LogP contribution in [0.25, 0.3) is 0 Å². The Morgan fingerprint density at radius 2 is 1.74 bits per heavy atom. The fraction of sp³-hybridized carbons (Fsp3) is 0.0588. The molecule has 0 unspecified atom stereocenters. The number of imide groups is 1. The van der Waals surface area contributed by atoms with Crippen molar-refractivity contribution < 1.29 is 29.2 Å². The van der Waals surface area contributed by atoms with Gasteiger partial charge in [0, 0.05) is 12.1 Å². The molecule has 0 radical (unpaired) electrons. The lowest BCUT2D eigenvalue weighted by atomic mass is 10.1. The number of benzene rings is 2. The monoisotopic (exact) mass is 369 g/mol. The van der Waals surface area contributed by atoms with Gasteiger partial charge >= 0.3 is 5.97 Å². The van der Waals surface area contributed by atoms with Crippen LogP contribution in [-0.4, -0.2) is 45.2 Å². The largest absolute Gasteiger partial charge is 0.478 e. The molecular formula is C17H11N3O7. The maximum atomic E-state index is 12.4. The van der Waals surface area contributed by atoms with E-state index in [1.165, 1.54) is 24.3 Å². The Morgan fingerprint density at radius 1 is 1.07 bits per heavy atom. The van der Waals surface area contributed by atoms with Crippen LogP contribution in [0.15, 0.2) is 42.5 Å². The van der Waals surface area contributed by atoms with Gasteiger partial charge in [-0.05, 0) is 18.2 Å². The van der Waals surface area contributed by atoms with Crippen molar-refractivity contribution in [3.8, 4) is 0 Å². The van der Waals surface area contributed by atoms with Crippen LogP contribution in [0.2, 0.25) is 0 Å². The predicted molar refractivity (Wildman–Crippen MR) is 90.5 cm³/mol. The van der Waals surface area contributed by atoms with E-state index in [1.807, 2.05) is 0 Å². The number of nitro groups is 1. The van der Waals surface area contributed by atoms with E-state index in [0.717, 1.165) is 18.2 Å². The Morgan fingerprint density at radius 3 is 2.41 bits per heavy atom. The lowest BCUT2D eigenvalue weighted by molar-refractivity contribution is -0.384. The number of para-hydroxylation sites is 1. The van der Waals surface area contributed by atoms with E-state index in [4.69, 9.17) is 5.11 Å². The third-order valence-corrected chi connectivity index (χ3v) is 3.90. The van der Waals surface area contributed by atoms with Gasteiger partial charge in [0.2, 0.25) is 5.91 Å². The number of aromatic carboxylic acids is 1. The zero-order valence-corrected chi connectivity index (χ0v) is 13.5. The number of carbonyl (C=O) groups excluding carboxylic acids is 3. The van der Waals surface area contributed by atoms with Gasteiger partial charge < -0.3 is 10.4 Å². The molecule has 3 amide bonds. The lowest BCUT2D eigenvalue weighted by Crippen LogP contribution is -2.37. The molecule has 0 aliphatic carbocycles. The maximum Gasteiger partial charge on any atom is 0.337 e. The molecule has 2 aromatic carbocycles. The van der Waals surface area contributed by atoms with E-state index in [0.29, 0.717) is 4.90 Å². The quantitative estimate of drug-likeness (QED) is 0.461. The third-order valence-electron chi connectivity index (χ3n) is 3.90. The highest BCUT2D eigenvalue weighted by atomic mass is 16.6. The Hall–Kier alpha value is -4.08. The van der Waals surface area contributed by atoms with Crippen molar-refractivity contribution in [1.82, 2.24) is 4.90 Å². The molecule has 2 aromatic rings. The first kappa shape index (κ1) is 17.7. The number of rotatable bonds is 5. The number of hydrogen-bond acceptors (Lipinski definition) is 6. The van der Waals surface area contributed by atoms with Gasteiger partial charge in [0.15, 0.2) is 0 Å². The Balaban J connectivity index is 1.79. The number of carboxylic acid groups (broad SMARTS) is 1. The molecule has 136 valence electrons. The van der Waals surface area contributed by atoms with Crippen LogP contribution in [0.3, 0.4) is 0 Å². The number of nitrogens with one attached hydrogen (secondary N) is 1. The zero-order chi connectivity index (χ0) is 19.7. The van der Waals surface area contributed by atoms with Gasteiger partial charge in [0.1, 0.15) is 6.54 Å². The fourth-order valence-electron chi connectivity index (χ4n) is 2.65. The molecule has 0 atom stereocenters. The predicted octanol–water partition coefficient (Wildman–Crippen LogP) is 1.53. The van der Waals surface area contributed by atoms with E-state index in [-0.39, 0.29) is 28.1 Å². The minimum atomic E-state index is -1.25. The first-order chi connectivity index (χ1) is 12.8. The highest BCUT2D eigenvalue weighted by molar-refractivity contribution is 6.23. The molecule has 0 saturated carbocycles. The molecule has 27 heavy (non-hydrogen) atoms. The molecule has 0 saturated heterocycles.